The van der Waals surface area contributed by atoms with Crippen LogP contribution >= 0.6 is 0 Å². The maximum atomic E-state index is 11.9. The number of phenolic OH excluding ortho intramolecular Hbond substituents is 1. The van der Waals surface area contributed by atoms with Crippen LogP contribution in [-0.4, -0.2) is 46.1 Å². The number of hydrogen-bond donors (Lipinski definition) is 2. The Labute approximate surface area is 164 Å². The van der Waals surface area contributed by atoms with Crippen LogP contribution in [0.3, 0.4) is 0 Å². The number of aldehydes is 1. The third-order valence-corrected chi connectivity index (χ3v) is 4.92. The highest BCUT2D eigenvalue weighted by molar-refractivity contribution is 5.84. The van der Waals surface area contributed by atoms with Crippen molar-refractivity contribution < 1.29 is 19.4 Å². The number of nitrogens with one attached hydrogen (secondary N) is 1. The predicted molar refractivity (Wildman–Crippen MR) is 106 cm³/mol. The first kappa shape index (κ1) is 19.8. The van der Waals surface area contributed by atoms with Gasteiger partial charge in [0.25, 0.3) is 0 Å². The molecule has 1 aromatic heterocycles. The number of ether oxygens (including phenoxy) is 1. The van der Waals surface area contributed by atoms with E-state index in [-0.39, 0.29) is 35.8 Å². The van der Waals surface area contributed by atoms with Crippen LogP contribution < -0.4 is 10.1 Å². The molecule has 1 atom stereocenters. The van der Waals surface area contributed by atoms with Crippen molar-refractivity contribution in [1.29, 1.82) is 0 Å². The molecule has 148 valence electrons. The normalized spacial score (nSPS) is 17.1. The molecular formula is C21H25N3O4. The van der Waals surface area contributed by atoms with E-state index >= 15 is 0 Å². The Morgan fingerprint density at radius 2 is 2.21 bits per heavy atom. The minimum Gasteiger partial charge on any atom is -0.507 e. The molecule has 0 radical (unpaired) electrons. The van der Waals surface area contributed by atoms with E-state index in [1.807, 2.05) is 10.7 Å². The average Bonchev–Trinajstić information content (AvgIpc) is 3.16. The number of nitrogens with zero attached hydrogens (tertiary/aromatic N) is 2. The lowest BCUT2D eigenvalue weighted by Crippen LogP contribution is -2.41. The van der Waals surface area contributed by atoms with Crippen molar-refractivity contribution in [2.24, 2.45) is 0 Å². The maximum Gasteiger partial charge on any atom is 0.157 e. The van der Waals surface area contributed by atoms with Crippen molar-refractivity contribution in [3.63, 3.8) is 0 Å². The standard InChI is InChI=1S/C21H25N3O4/c1-13(2)24-19(7-8-23-24)16-10-22-18(14(3)26)9-15(16)12-28-21-6-4-5-20(27)17(21)11-25/h4-8,11,13,18,22,27H,9-10,12H2,1-3H3. The number of ketones is 1. The highest BCUT2D eigenvalue weighted by Crippen LogP contribution is 2.30. The summed E-state index contributed by atoms with van der Waals surface area (Å²) < 4.78 is 7.83. The number of phenols is 1. The molecule has 2 heterocycles. The summed E-state index contributed by atoms with van der Waals surface area (Å²) in [6.07, 6.45) is 2.86. The molecule has 1 unspecified atom stereocenters. The Morgan fingerprint density at radius 1 is 1.43 bits per heavy atom. The lowest BCUT2D eigenvalue weighted by molar-refractivity contribution is -0.119. The molecule has 1 aliphatic heterocycles. The van der Waals surface area contributed by atoms with Crippen molar-refractivity contribution in [3.8, 4) is 11.5 Å². The third-order valence-electron chi connectivity index (χ3n) is 4.92. The number of carbonyl (C=O) groups excluding carboxylic acids is 2. The molecule has 3 rings (SSSR count). The highest BCUT2D eigenvalue weighted by atomic mass is 16.5. The summed E-state index contributed by atoms with van der Waals surface area (Å²) >= 11 is 0. The van der Waals surface area contributed by atoms with Gasteiger partial charge in [-0.2, -0.15) is 5.10 Å². The van der Waals surface area contributed by atoms with Crippen LogP contribution in [0.15, 0.2) is 36.0 Å². The number of rotatable bonds is 7. The van der Waals surface area contributed by atoms with Gasteiger partial charge in [0.1, 0.15) is 23.9 Å². The van der Waals surface area contributed by atoms with Crippen molar-refractivity contribution in [2.45, 2.75) is 39.3 Å². The van der Waals surface area contributed by atoms with Gasteiger partial charge in [0, 0.05) is 18.8 Å². The van der Waals surface area contributed by atoms with Gasteiger partial charge < -0.3 is 15.2 Å². The van der Waals surface area contributed by atoms with Crippen molar-refractivity contribution in [2.75, 3.05) is 13.2 Å². The topological polar surface area (TPSA) is 93.5 Å². The Kier molecular flexibility index (Phi) is 5.94. The highest BCUT2D eigenvalue weighted by Gasteiger charge is 2.26. The minimum absolute atomic E-state index is 0.0693. The van der Waals surface area contributed by atoms with E-state index in [0.717, 1.165) is 16.8 Å². The van der Waals surface area contributed by atoms with Crippen LogP contribution in [0.5, 0.6) is 11.5 Å². The molecule has 0 bridgehead atoms. The third kappa shape index (κ3) is 3.99. The molecule has 0 amide bonds. The second-order valence-corrected chi connectivity index (χ2v) is 7.18. The quantitative estimate of drug-likeness (QED) is 0.714. The van der Waals surface area contributed by atoms with Gasteiger partial charge in [-0.25, -0.2) is 0 Å². The van der Waals surface area contributed by atoms with E-state index in [2.05, 4.69) is 24.3 Å². The predicted octanol–water partition coefficient (Wildman–Crippen LogP) is 2.77. The molecule has 0 fully saturated rings. The van der Waals surface area contributed by atoms with Crippen molar-refractivity contribution in [3.05, 3.63) is 47.3 Å². The van der Waals surface area contributed by atoms with Gasteiger partial charge in [-0.1, -0.05) is 6.07 Å². The lowest BCUT2D eigenvalue weighted by atomic mass is 9.92. The van der Waals surface area contributed by atoms with E-state index in [0.29, 0.717) is 25.0 Å². The zero-order valence-electron chi connectivity index (χ0n) is 16.3. The summed E-state index contributed by atoms with van der Waals surface area (Å²) in [5.74, 6) is 0.267. The molecule has 1 aromatic carbocycles. The first-order valence-electron chi connectivity index (χ1n) is 9.31. The van der Waals surface area contributed by atoms with Gasteiger partial charge in [-0.15, -0.1) is 0 Å². The number of carbonyl (C=O) groups is 2. The molecule has 28 heavy (non-hydrogen) atoms. The van der Waals surface area contributed by atoms with Gasteiger partial charge in [0.15, 0.2) is 6.29 Å². The van der Waals surface area contributed by atoms with Crippen LogP contribution in [-0.2, 0) is 4.79 Å². The largest absolute Gasteiger partial charge is 0.507 e. The molecular weight excluding hydrogens is 358 g/mol. The van der Waals surface area contributed by atoms with Crippen LogP contribution in [0.25, 0.3) is 5.57 Å². The first-order valence-corrected chi connectivity index (χ1v) is 9.31. The fraction of sp³-hybridized carbons (Fsp3) is 0.381. The summed E-state index contributed by atoms with van der Waals surface area (Å²) in [6.45, 7) is 6.44. The summed E-state index contributed by atoms with van der Waals surface area (Å²) in [5.41, 5.74) is 3.11. The second-order valence-electron chi connectivity index (χ2n) is 7.18. The lowest BCUT2D eigenvalue weighted by Gasteiger charge is -2.28. The monoisotopic (exact) mass is 383 g/mol. The molecule has 0 saturated heterocycles. The zero-order chi connectivity index (χ0) is 20.3. The van der Waals surface area contributed by atoms with E-state index in [1.165, 1.54) is 6.07 Å². The molecule has 0 spiro atoms. The SMILES string of the molecule is CC(=O)C1CC(COc2cccc(O)c2C=O)=C(c2ccnn2C(C)C)CN1. The van der Waals surface area contributed by atoms with E-state index in [4.69, 9.17) is 4.74 Å². The van der Waals surface area contributed by atoms with Gasteiger partial charge in [0.05, 0.1) is 17.3 Å². The van der Waals surface area contributed by atoms with E-state index in [9.17, 15) is 14.7 Å². The molecule has 0 aliphatic carbocycles. The number of hydrogen-bond acceptors (Lipinski definition) is 6. The Hall–Kier alpha value is -2.93. The summed E-state index contributed by atoms with van der Waals surface area (Å²) in [4.78, 5) is 23.2. The maximum absolute atomic E-state index is 11.9. The van der Waals surface area contributed by atoms with Gasteiger partial charge in [0.2, 0.25) is 0 Å². The van der Waals surface area contributed by atoms with Gasteiger partial charge in [-0.3, -0.25) is 14.3 Å². The number of aromatic hydroxyl groups is 1. The molecule has 0 saturated carbocycles. The van der Waals surface area contributed by atoms with Crippen molar-refractivity contribution >= 4 is 17.6 Å². The van der Waals surface area contributed by atoms with Crippen LogP contribution in [0.1, 0.15) is 49.3 Å². The second kappa shape index (κ2) is 8.39. The van der Waals surface area contributed by atoms with Gasteiger partial charge in [-0.05, 0) is 56.5 Å². The number of Topliss-reactive ketones (excluding diaryl/α,β-unsaturated/α-hetero) is 1. The average molecular weight is 383 g/mol. The molecule has 1 aliphatic rings. The molecule has 2 N–H and O–H groups in total. The first-order chi connectivity index (χ1) is 13.4. The zero-order valence-corrected chi connectivity index (χ0v) is 16.3. The fourth-order valence-electron chi connectivity index (χ4n) is 3.40. The number of benzene rings is 1. The van der Waals surface area contributed by atoms with Crippen molar-refractivity contribution in [1.82, 2.24) is 15.1 Å². The van der Waals surface area contributed by atoms with E-state index < -0.39 is 0 Å². The summed E-state index contributed by atoms with van der Waals surface area (Å²) in [5, 5.41) is 17.5. The fourth-order valence-corrected chi connectivity index (χ4v) is 3.40. The summed E-state index contributed by atoms with van der Waals surface area (Å²) in [6, 6.07) is 6.59. The smallest absolute Gasteiger partial charge is 0.157 e. The minimum atomic E-state index is -0.271. The Balaban J connectivity index is 1.95. The van der Waals surface area contributed by atoms with Crippen LogP contribution in [0.4, 0.5) is 0 Å². The van der Waals surface area contributed by atoms with Crippen LogP contribution in [0.2, 0.25) is 0 Å². The van der Waals surface area contributed by atoms with Crippen LogP contribution in [0, 0.1) is 0 Å². The summed E-state index contributed by atoms with van der Waals surface area (Å²) in [7, 11) is 0. The molecule has 2 aromatic rings. The van der Waals surface area contributed by atoms with E-state index in [1.54, 1.807) is 25.3 Å². The number of aromatic nitrogens is 2. The Bertz CT molecular complexity index is 914. The molecule has 7 nitrogen and oxygen atoms in total. The molecule has 7 heteroatoms. The van der Waals surface area contributed by atoms with Gasteiger partial charge >= 0.3 is 0 Å². The Morgan fingerprint density at radius 3 is 2.89 bits per heavy atom.